The first-order valence-corrected chi connectivity index (χ1v) is 12.4. The number of carbonyl (C=O) groups excluding carboxylic acids is 1. The third kappa shape index (κ3) is 6.70. The van der Waals surface area contributed by atoms with Crippen molar-refractivity contribution in [2.75, 3.05) is 56.3 Å². The molecule has 0 aromatic heterocycles. The minimum Gasteiger partial charge on any atom is -0.494 e. The van der Waals surface area contributed by atoms with E-state index in [0.29, 0.717) is 25.2 Å². The third-order valence-corrected chi connectivity index (χ3v) is 6.52. The molecule has 2 aromatic rings. The van der Waals surface area contributed by atoms with Crippen molar-refractivity contribution in [2.24, 2.45) is 0 Å². The lowest BCUT2D eigenvalue weighted by molar-refractivity contribution is -0.116. The Balaban J connectivity index is 1.43. The summed E-state index contributed by atoms with van der Waals surface area (Å²) in [5.41, 5.74) is 3.18. The SMILES string of the molecule is Cc1cc(NC(=O)CCCOc2ccc(S(C)(=O)=O)cc2)ccc1N1CCN(C)CC1. The molecule has 2 aromatic carbocycles. The number of hydrogen-bond donors (Lipinski definition) is 1. The van der Waals surface area contributed by atoms with Crippen LogP contribution in [-0.4, -0.2) is 65.3 Å². The highest BCUT2D eigenvalue weighted by Gasteiger charge is 2.16. The van der Waals surface area contributed by atoms with Crippen LogP contribution in [0.4, 0.5) is 11.4 Å². The lowest BCUT2D eigenvalue weighted by atomic mass is 10.1. The fraction of sp³-hybridized carbons (Fsp3) is 0.435. The molecule has 0 spiro atoms. The highest BCUT2D eigenvalue weighted by Crippen LogP contribution is 2.25. The predicted octanol–water partition coefficient (Wildman–Crippen LogP) is 2.95. The molecule has 1 aliphatic heterocycles. The van der Waals surface area contributed by atoms with Crippen LogP contribution in [0, 0.1) is 6.92 Å². The minimum absolute atomic E-state index is 0.0530. The molecule has 1 aliphatic rings. The summed E-state index contributed by atoms with van der Waals surface area (Å²) in [4.78, 5) is 17.2. The smallest absolute Gasteiger partial charge is 0.224 e. The number of nitrogens with zero attached hydrogens (tertiary/aromatic N) is 2. The van der Waals surface area contributed by atoms with Gasteiger partial charge in [0.05, 0.1) is 11.5 Å². The average Bonchev–Trinajstić information content (AvgIpc) is 2.72. The van der Waals surface area contributed by atoms with Crippen molar-refractivity contribution < 1.29 is 17.9 Å². The lowest BCUT2D eigenvalue weighted by Gasteiger charge is -2.35. The molecule has 0 radical (unpaired) electrons. The summed E-state index contributed by atoms with van der Waals surface area (Å²) in [7, 11) is -1.07. The van der Waals surface area contributed by atoms with E-state index in [1.165, 1.54) is 24.1 Å². The molecule has 1 fully saturated rings. The first-order chi connectivity index (χ1) is 14.7. The zero-order chi connectivity index (χ0) is 22.4. The van der Waals surface area contributed by atoms with Gasteiger partial charge in [-0.15, -0.1) is 0 Å². The van der Waals surface area contributed by atoms with Crippen molar-refractivity contribution in [3.63, 3.8) is 0 Å². The summed E-state index contributed by atoms with van der Waals surface area (Å²) in [5, 5.41) is 2.95. The fourth-order valence-corrected chi connectivity index (χ4v) is 4.20. The van der Waals surface area contributed by atoms with Gasteiger partial charge < -0.3 is 19.9 Å². The number of rotatable bonds is 8. The zero-order valence-electron chi connectivity index (χ0n) is 18.4. The van der Waals surface area contributed by atoms with Gasteiger partial charge in [-0.05, 0) is 68.4 Å². The number of piperazine rings is 1. The van der Waals surface area contributed by atoms with Crippen molar-refractivity contribution >= 4 is 27.1 Å². The maximum Gasteiger partial charge on any atom is 0.224 e. The normalized spacial score (nSPS) is 15.0. The Bertz CT molecular complexity index is 998. The van der Waals surface area contributed by atoms with Gasteiger partial charge >= 0.3 is 0 Å². The number of sulfone groups is 1. The van der Waals surface area contributed by atoms with E-state index in [2.05, 4.69) is 35.2 Å². The average molecular weight is 446 g/mol. The van der Waals surface area contributed by atoms with Gasteiger partial charge in [0.1, 0.15) is 5.75 Å². The van der Waals surface area contributed by atoms with Crippen LogP contribution in [0.15, 0.2) is 47.4 Å². The Hall–Kier alpha value is -2.58. The zero-order valence-corrected chi connectivity index (χ0v) is 19.2. The molecule has 0 unspecified atom stereocenters. The maximum absolute atomic E-state index is 12.3. The topological polar surface area (TPSA) is 78.9 Å². The van der Waals surface area contributed by atoms with E-state index in [0.717, 1.165) is 37.4 Å². The number of carbonyl (C=O) groups is 1. The molecular weight excluding hydrogens is 414 g/mol. The second-order valence-electron chi connectivity index (χ2n) is 8.04. The maximum atomic E-state index is 12.3. The quantitative estimate of drug-likeness (QED) is 0.630. The van der Waals surface area contributed by atoms with E-state index in [-0.39, 0.29) is 10.8 Å². The molecule has 0 atom stereocenters. The molecular formula is C23H31N3O4S. The summed E-state index contributed by atoms with van der Waals surface area (Å²) in [6.07, 6.45) is 2.08. The van der Waals surface area contributed by atoms with E-state index in [1.807, 2.05) is 12.1 Å². The van der Waals surface area contributed by atoms with Gasteiger partial charge in [0.2, 0.25) is 5.91 Å². The number of benzene rings is 2. The van der Waals surface area contributed by atoms with Crippen molar-refractivity contribution in [3.8, 4) is 5.75 Å². The van der Waals surface area contributed by atoms with Crippen molar-refractivity contribution in [2.45, 2.75) is 24.7 Å². The Morgan fingerprint density at radius 3 is 2.35 bits per heavy atom. The minimum atomic E-state index is -3.21. The van der Waals surface area contributed by atoms with E-state index >= 15 is 0 Å². The summed E-state index contributed by atoms with van der Waals surface area (Å²) >= 11 is 0. The highest BCUT2D eigenvalue weighted by atomic mass is 32.2. The van der Waals surface area contributed by atoms with Crippen molar-refractivity contribution in [1.29, 1.82) is 0 Å². The molecule has 0 aliphatic carbocycles. The number of anilines is 2. The van der Waals surface area contributed by atoms with Crippen LogP contribution in [0.2, 0.25) is 0 Å². The number of hydrogen-bond acceptors (Lipinski definition) is 6. The molecule has 0 saturated carbocycles. The van der Waals surface area contributed by atoms with Crippen LogP contribution in [-0.2, 0) is 14.6 Å². The Labute approximate surface area is 184 Å². The molecule has 1 amide bonds. The van der Waals surface area contributed by atoms with Gasteiger partial charge in [0.15, 0.2) is 9.84 Å². The van der Waals surface area contributed by atoms with Crippen LogP contribution in [0.1, 0.15) is 18.4 Å². The number of amides is 1. The Morgan fingerprint density at radius 1 is 1.06 bits per heavy atom. The van der Waals surface area contributed by atoms with Crippen LogP contribution >= 0.6 is 0 Å². The van der Waals surface area contributed by atoms with Gasteiger partial charge in [-0.2, -0.15) is 0 Å². The van der Waals surface area contributed by atoms with Gasteiger partial charge in [0.25, 0.3) is 0 Å². The fourth-order valence-electron chi connectivity index (χ4n) is 3.56. The molecule has 31 heavy (non-hydrogen) atoms. The van der Waals surface area contributed by atoms with Crippen LogP contribution < -0.4 is 15.0 Å². The largest absolute Gasteiger partial charge is 0.494 e. The van der Waals surface area contributed by atoms with E-state index in [4.69, 9.17) is 4.74 Å². The Morgan fingerprint density at radius 2 is 1.74 bits per heavy atom. The van der Waals surface area contributed by atoms with E-state index < -0.39 is 9.84 Å². The number of aryl methyl sites for hydroxylation is 1. The molecule has 0 bridgehead atoms. The lowest BCUT2D eigenvalue weighted by Crippen LogP contribution is -2.44. The van der Waals surface area contributed by atoms with Gasteiger partial charge in [-0.25, -0.2) is 8.42 Å². The molecule has 1 N–H and O–H groups in total. The second-order valence-corrected chi connectivity index (χ2v) is 10.1. The molecule has 8 heteroatoms. The number of likely N-dealkylation sites (N-methyl/N-ethyl adjacent to an activating group) is 1. The predicted molar refractivity (Wildman–Crippen MR) is 124 cm³/mol. The monoisotopic (exact) mass is 445 g/mol. The number of ether oxygens (including phenoxy) is 1. The first kappa shape index (κ1) is 23.1. The number of nitrogens with one attached hydrogen (secondary N) is 1. The van der Waals surface area contributed by atoms with Crippen molar-refractivity contribution in [1.82, 2.24) is 4.90 Å². The summed E-state index contributed by atoms with van der Waals surface area (Å²) in [6, 6.07) is 12.3. The van der Waals surface area contributed by atoms with Crippen LogP contribution in [0.3, 0.4) is 0 Å². The summed E-state index contributed by atoms with van der Waals surface area (Å²) < 4.78 is 28.5. The third-order valence-electron chi connectivity index (χ3n) is 5.39. The molecule has 1 saturated heterocycles. The first-order valence-electron chi connectivity index (χ1n) is 10.5. The molecule has 7 nitrogen and oxygen atoms in total. The van der Waals surface area contributed by atoms with Gasteiger partial charge in [-0.3, -0.25) is 4.79 Å². The molecule has 3 rings (SSSR count). The summed E-state index contributed by atoms with van der Waals surface area (Å²) in [6.45, 7) is 6.60. The van der Waals surface area contributed by atoms with E-state index in [1.54, 1.807) is 12.1 Å². The highest BCUT2D eigenvalue weighted by molar-refractivity contribution is 7.90. The molecule has 168 valence electrons. The van der Waals surface area contributed by atoms with Gasteiger partial charge in [-0.1, -0.05) is 0 Å². The second kappa shape index (κ2) is 10.2. The standard InChI is InChI=1S/C23H31N3O4S/c1-18-17-19(6-11-22(18)26-14-12-25(2)13-15-26)24-23(27)5-4-16-30-20-7-9-21(10-8-20)31(3,28)29/h6-11,17H,4-5,12-16H2,1-3H3,(H,24,27). The van der Waals surface area contributed by atoms with E-state index in [9.17, 15) is 13.2 Å². The van der Waals surface area contributed by atoms with Crippen molar-refractivity contribution in [3.05, 3.63) is 48.0 Å². The molecule has 1 heterocycles. The summed E-state index contributed by atoms with van der Waals surface area (Å²) in [5.74, 6) is 0.533. The van der Waals surface area contributed by atoms with Gasteiger partial charge in [0, 0.05) is 50.2 Å². The van der Waals surface area contributed by atoms with Crippen LogP contribution in [0.25, 0.3) is 0 Å². The van der Waals surface area contributed by atoms with Crippen LogP contribution in [0.5, 0.6) is 5.75 Å². The Kier molecular flexibility index (Phi) is 7.56.